The lowest BCUT2D eigenvalue weighted by Gasteiger charge is -2.24. The van der Waals surface area contributed by atoms with Crippen LogP contribution in [0.5, 0.6) is 0 Å². The second-order valence-electron chi connectivity index (χ2n) is 4.43. The van der Waals surface area contributed by atoms with Crippen molar-refractivity contribution in [3.8, 4) is 0 Å². The normalized spacial score (nSPS) is 33.0. The van der Waals surface area contributed by atoms with Crippen LogP contribution in [0.15, 0.2) is 22.9 Å². The summed E-state index contributed by atoms with van der Waals surface area (Å²) in [5.74, 6) is -3.11. The number of ketones is 2. The van der Waals surface area contributed by atoms with Gasteiger partial charge in [-0.2, -0.15) is 0 Å². The molecule has 1 aromatic carbocycles. The number of fused-ring (bicyclic) bond motifs is 1. The molecule has 0 amide bonds. The highest BCUT2D eigenvalue weighted by Crippen LogP contribution is 2.24. The molecule has 108 valence electrons. The minimum Gasteiger partial charge on any atom is -0.398 e. The summed E-state index contributed by atoms with van der Waals surface area (Å²) >= 11 is 0. The number of benzene rings is 1. The molecule has 0 spiro atoms. The largest absolute Gasteiger partial charge is 0.398 e. The number of rotatable bonds is 1. The first-order valence-corrected chi connectivity index (χ1v) is 5.98. The average Bonchev–Trinajstić information content (AvgIpc) is 2.62. The summed E-state index contributed by atoms with van der Waals surface area (Å²) in [4.78, 5) is 41.6. The zero-order valence-electron chi connectivity index (χ0n) is 18.9. The molecule has 0 aliphatic heterocycles. The fraction of sp³-hybridized carbons (Fsp3) is 0.333. The Morgan fingerprint density at radius 3 is 3.00 bits per heavy atom. The minimum absolute atomic E-state index is 0.306. The van der Waals surface area contributed by atoms with Gasteiger partial charge in [-0.3, -0.25) is 19.0 Å². The SMILES string of the molecule is [2H]c1c([2H])c(N)c2c(=O)n(C3([2H])C(=O)CC(=O)C([2H])([2H])C3([2H])[2H])c(C)nc2c1[2H]. The van der Waals surface area contributed by atoms with E-state index in [0.717, 1.165) is 6.92 Å². The van der Waals surface area contributed by atoms with Crippen LogP contribution in [0.2, 0.25) is 0 Å². The van der Waals surface area contributed by atoms with Crippen molar-refractivity contribution < 1.29 is 20.6 Å². The summed E-state index contributed by atoms with van der Waals surface area (Å²) in [5.41, 5.74) is 3.59. The highest BCUT2D eigenvalue weighted by molar-refractivity contribution is 6.03. The van der Waals surface area contributed by atoms with Gasteiger partial charge in [0.25, 0.3) is 5.56 Å². The van der Waals surface area contributed by atoms with Crippen LogP contribution in [0.25, 0.3) is 10.9 Å². The fourth-order valence-corrected chi connectivity index (χ4v) is 2.10. The van der Waals surface area contributed by atoms with E-state index in [1.807, 2.05) is 0 Å². The highest BCUT2D eigenvalue weighted by Gasteiger charge is 2.30. The van der Waals surface area contributed by atoms with Crippen LogP contribution in [0.1, 0.15) is 42.0 Å². The molecule has 6 heteroatoms. The molecule has 0 bridgehead atoms. The number of hydrogen-bond acceptors (Lipinski definition) is 5. The van der Waals surface area contributed by atoms with Gasteiger partial charge in [-0.1, -0.05) is 6.04 Å². The Morgan fingerprint density at radius 1 is 1.48 bits per heavy atom. The second-order valence-corrected chi connectivity index (χ2v) is 4.43. The Balaban J connectivity index is 2.52. The molecule has 21 heavy (non-hydrogen) atoms. The third-order valence-electron chi connectivity index (χ3n) is 3.03. The molecule has 1 heterocycles. The third-order valence-corrected chi connectivity index (χ3v) is 3.03. The minimum atomic E-state index is -3.45. The maximum atomic E-state index is 13.2. The Morgan fingerprint density at radius 2 is 2.24 bits per heavy atom. The number of anilines is 1. The summed E-state index contributed by atoms with van der Waals surface area (Å²) in [5, 5.41) is -0.561. The first kappa shape index (κ1) is 6.98. The van der Waals surface area contributed by atoms with Crippen molar-refractivity contribution in [3.05, 3.63) is 34.3 Å². The highest BCUT2D eigenvalue weighted by atomic mass is 16.2. The molecule has 1 unspecified atom stereocenters. The molecule has 1 saturated carbocycles. The predicted octanol–water partition coefficient (Wildman–Crippen LogP) is 1.15. The Bertz CT molecular complexity index is 1180. The van der Waals surface area contributed by atoms with Crippen LogP contribution in [-0.2, 0) is 9.59 Å². The van der Waals surface area contributed by atoms with Crippen LogP contribution in [0.4, 0.5) is 5.69 Å². The van der Waals surface area contributed by atoms with Crippen molar-refractivity contribution in [2.45, 2.75) is 32.1 Å². The van der Waals surface area contributed by atoms with Gasteiger partial charge in [-0.25, -0.2) is 4.98 Å². The van der Waals surface area contributed by atoms with Crippen molar-refractivity contribution in [2.24, 2.45) is 0 Å². The molecule has 1 aliphatic rings. The third kappa shape index (κ3) is 2.12. The van der Waals surface area contributed by atoms with Gasteiger partial charge in [0.05, 0.1) is 28.8 Å². The standard InChI is InChI=1S/C15H15N3O3/c1-8-17-11-4-2-3-10(16)14(11)15(21)18(8)12-6-5-9(19)7-13(12)20/h2-4,12H,5-7,16H2,1H3/i2D,3D,4D,5D2,6D2,12D. The van der Waals surface area contributed by atoms with Gasteiger partial charge in [-0.15, -0.1) is 0 Å². The number of nitrogens with two attached hydrogens (primary N) is 1. The number of hydrogen-bond donors (Lipinski definition) is 1. The van der Waals surface area contributed by atoms with E-state index in [0.29, 0.717) is 4.57 Å². The summed E-state index contributed by atoms with van der Waals surface area (Å²) in [6, 6.07) is -5.03. The topological polar surface area (TPSA) is 95.0 Å². The molecular formula is C15H15N3O3. The molecular weight excluding hydrogens is 270 g/mol. The van der Waals surface area contributed by atoms with Gasteiger partial charge in [-0.05, 0) is 25.4 Å². The van der Waals surface area contributed by atoms with Gasteiger partial charge in [0.1, 0.15) is 11.6 Å². The summed E-state index contributed by atoms with van der Waals surface area (Å²) in [6.07, 6.45) is -7.80. The quantitative estimate of drug-likeness (QED) is 0.628. The van der Waals surface area contributed by atoms with Crippen LogP contribution >= 0.6 is 0 Å². The summed E-state index contributed by atoms with van der Waals surface area (Å²) < 4.78 is 64.1. The van der Waals surface area contributed by atoms with Gasteiger partial charge >= 0.3 is 0 Å². The van der Waals surface area contributed by atoms with Crippen molar-refractivity contribution >= 4 is 28.2 Å². The Labute approximate surface area is 131 Å². The van der Waals surface area contributed by atoms with E-state index < -0.39 is 77.3 Å². The maximum absolute atomic E-state index is 13.2. The number of Topliss-reactive ketones (excluding diaryl/α,β-unsaturated/α-hetero) is 2. The number of aromatic nitrogens is 2. The molecule has 2 aromatic rings. The van der Waals surface area contributed by atoms with Gasteiger partial charge in [0.15, 0.2) is 5.78 Å². The molecule has 0 radical (unpaired) electrons. The van der Waals surface area contributed by atoms with Crippen molar-refractivity contribution in [3.63, 3.8) is 0 Å². The van der Waals surface area contributed by atoms with Crippen LogP contribution in [0, 0.1) is 6.92 Å². The van der Waals surface area contributed by atoms with Gasteiger partial charge in [0.2, 0.25) is 0 Å². The molecule has 1 aliphatic carbocycles. The predicted molar refractivity (Wildman–Crippen MR) is 78.1 cm³/mol. The summed E-state index contributed by atoms with van der Waals surface area (Å²) in [6.45, 7) is 1.14. The lowest BCUT2D eigenvalue weighted by molar-refractivity contribution is -0.132. The van der Waals surface area contributed by atoms with Crippen LogP contribution < -0.4 is 11.3 Å². The smallest absolute Gasteiger partial charge is 0.264 e. The van der Waals surface area contributed by atoms with Crippen molar-refractivity contribution in [1.82, 2.24) is 9.55 Å². The molecule has 1 aromatic heterocycles. The fourth-order valence-electron chi connectivity index (χ4n) is 2.10. The van der Waals surface area contributed by atoms with Gasteiger partial charge in [0, 0.05) is 17.5 Å². The number of carbonyl (C=O) groups is 2. The monoisotopic (exact) mass is 293 g/mol. The Hall–Kier alpha value is -2.50. The number of nitrogens with zero attached hydrogens (tertiary/aromatic N) is 2. The zero-order valence-corrected chi connectivity index (χ0v) is 10.9. The zero-order chi connectivity index (χ0) is 22.3. The van der Waals surface area contributed by atoms with Crippen LogP contribution in [-0.4, -0.2) is 21.1 Å². The molecule has 3 rings (SSSR count). The Kier molecular flexibility index (Phi) is 1.59. The first-order chi connectivity index (χ1) is 13.1. The first-order valence-electron chi connectivity index (χ1n) is 9.98. The second kappa shape index (κ2) is 4.80. The number of aryl methyl sites for hydroxylation is 1. The average molecular weight is 293 g/mol. The van der Waals surface area contributed by atoms with E-state index >= 15 is 0 Å². The van der Waals surface area contributed by atoms with E-state index in [-0.39, 0.29) is 5.52 Å². The van der Waals surface area contributed by atoms with E-state index in [4.69, 9.17) is 16.7 Å². The molecule has 6 nitrogen and oxygen atoms in total. The number of nitrogen functional groups attached to an aromatic ring is 1. The molecule has 1 fully saturated rings. The lowest BCUT2D eigenvalue weighted by atomic mass is 9.92. The lowest BCUT2D eigenvalue weighted by Crippen LogP contribution is -2.36. The van der Waals surface area contributed by atoms with E-state index in [2.05, 4.69) is 4.98 Å². The van der Waals surface area contributed by atoms with E-state index in [9.17, 15) is 14.4 Å². The summed E-state index contributed by atoms with van der Waals surface area (Å²) in [7, 11) is 0. The molecule has 2 N–H and O–H groups in total. The van der Waals surface area contributed by atoms with E-state index in [1.165, 1.54) is 0 Å². The number of carbonyl (C=O) groups excluding carboxylic acids is 2. The van der Waals surface area contributed by atoms with E-state index in [1.54, 1.807) is 0 Å². The van der Waals surface area contributed by atoms with Crippen molar-refractivity contribution in [1.29, 1.82) is 0 Å². The van der Waals surface area contributed by atoms with Crippen LogP contribution in [0.3, 0.4) is 0 Å². The van der Waals surface area contributed by atoms with Crippen molar-refractivity contribution in [2.75, 3.05) is 5.73 Å². The van der Waals surface area contributed by atoms with Gasteiger partial charge < -0.3 is 5.73 Å². The maximum Gasteiger partial charge on any atom is 0.264 e. The molecule has 0 saturated heterocycles. The molecule has 1 atom stereocenters.